The summed E-state index contributed by atoms with van der Waals surface area (Å²) in [7, 11) is -4.22. The Labute approximate surface area is 247 Å². The molecule has 1 unspecified atom stereocenters. The number of carbonyl (C=O) groups excluding carboxylic acids is 2. The highest BCUT2D eigenvalue weighted by Gasteiger charge is 2.34. The summed E-state index contributed by atoms with van der Waals surface area (Å²) < 4.78 is 28.7. The summed E-state index contributed by atoms with van der Waals surface area (Å²) in [5, 5.41) is 3.31. The average molecular weight is 605 g/mol. The number of hydrogen-bond acceptors (Lipinski definition) is 4. The predicted molar refractivity (Wildman–Crippen MR) is 161 cm³/mol. The zero-order valence-corrected chi connectivity index (χ0v) is 25.2. The maximum Gasteiger partial charge on any atom is 0.264 e. The van der Waals surface area contributed by atoms with E-state index in [4.69, 9.17) is 23.2 Å². The standard InChI is InChI=1S/C30H35Cl2N3O4S/c1-4-27(30(37)33-20-22(2)3)34(18-17-23-11-7-5-8-12-23)29(36)21-35(28-19-24(31)15-16-26(28)32)40(38,39)25-13-9-6-10-14-25/h5-16,19,22,27H,4,17-18,20-21H2,1-3H3,(H,33,37). The lowest BCUT2D eigenvalue weighted by Crippen LogP contribution is -2.53. The molecular formula is C30H35Cl2N3O4S. The van der Waals surface area contributed by atoms with Crippen LogP contribution >= 0.6 is 23.2 Å². The molecule has 40 heavy (non-hydrogen) atoms. The van der Waals surface area contributed by atoms with Crippen LogP contribution in [0, 0.1) is 5.92 Å². The van der Waals surface area contributed by atoms with E-state index in [-0.39, 0.29) is 39.0 Å². The van der Waals surface area contributed by atoms with Crippen LogP contribution < -0.4 is 9.62 Å². The Morgan fingerprint density at radius 2 is 1.55 bits per heavy atom. The number of nitrogens with zero attached hydrogens (tertiary/aromatic N) is 2. The Morgan fingerprint density at radius 3 is 2.15 bits per heavy atom. The van der Waals surface area contributed by atoms with Gasteiger partial charge in [-0.3, -0.25) is 13.9 Å². The normalized spacial score (nSPS) is 12.2. The number of hydrogen-bond donors (Lipinski definition) is 1. The van der Waals surface area contributed by atoms with Gasteiger partial charge in [0.15, 0.2) is 0 Å². The highest BCUT2D eigenvalue weighted by molar-refractivity contribution is 7.92. The highest BCUT2D eigenvalue weighted by atomic mass is 35.5. The molecule has 0 aliphatic heterocycles. The van der Waals surface area contributed by atoms with Gasteiger partial charge in [0.25, 0.3) is 10.0 Å². The predicted octanol–water partition coefficient (Wildman–Crippen LogP) is 5.81. The third kappa shape index (κ3) is 8.22. The molecule has 2 amide bonds. The van der Waals surface area contributed by atoms with E-state index < -0.39 is 28.5 Å². The second-order valence-corrected chi connectivity index (χ2v) is 12.5. The van der Waals surface area contributed by atoms with Gasteiger partial charge in [-0.25, -0.2) is 8.42 Å². The van der Waals surface area contributed by atoms with E-state index in [2.05, 4.69) is 5.32 Å². The number of anilines is 1. The van der Waals surface area contributed by atoms with E-state index in [1.165, 1.54) is 29.2 Å². The fourth-order valence-electron chi connectivity index (χ4n) is 4.23. The molecule has 7 nitrogen and oxygen atoms in total. The van der Waals surface area contributed by atoms with E-state index >= 15 is 0 Å². The van der Waals surface area contributed by atoms with E-state index in [9.17, 15) is 18.0 Å². The van der Waals surface area contributed by atoms with Crippen LogP contribution in [-0.2, 0) is 26.0 Å². The molecule has 0 saturated heterocycles. The quantitative estimate of drug-likeness (QED) is 0.267. The average Bonchev–Trinajstić information content (AvgIpc) is 2.94. The molecule has 0 spiro atoms. The van der Waals surface area contributed by atoms with E-state index in [1.807, 2.05) is 51.1 Å². The van der Waals surface area contributed by atoms with Crippen molar-refractivity contribution in [3.63, 3.8) is 0 Å². The maximum atomic E-state index is 14.0. The summed E-state index contributed by atoms with van der Waals surface area (Å²) in [6.45, 7) is 5.91. The minimum Gasteiger partial charge on any atom is -0.354 e. The number of sulfonamides is 1. The molecule has 3 rings (SSSR count). The van der Waals surface area contributed by atoms with Crippen molar-refractivity contribution >= 4 is 50.7 Å². The van der Waals surface area contributed by atoms with Crippen LogP contribution in [0.4, 0.5) is 5.69 Å². The smallest absolute Gasteiger partial charge is 0.264 e. The van der Waals surface area contributed by atoms with Gasteiger partial charge >= 0.3 is 0 Å². The first-order chi connectivity index (χ1) is 19.0. The van der Waals surface area contributed by atoms with Gasteiger partial charge in [0.1, 0.15) is 12.6 Å². The lowest BCUT2D eigenvalue weighted by Gasteiger charge is -2.33. The second-order valence-electron chi connectivity index (χ2n) is 9.81. The molecule has 10 heteroatoms. The maximum absolute atomic E-state index is 14.0. The highest BCUT2D eigenvalue weighted by Crippen LogP contribution is 2.33. The van der Waals surface area contributed by atoms with Gasteiger partial charge in [-0.15, -0.1) is 0 Å². The Balaban J connectivity index is 2.02. The number of benzene rings is 3. The number of halogens is 2. The molecule has 1 atom stereocenters. The summed E-state index contributed by atoms with van der Waals surface area (Å²) >= 11 is 12.7. The molecule has 0 saturated carbocycles. The Morgan fingerprint density at radius 1 is 0.925 bits per heavy atom. The fourth-order valence-corrected chi connectivity index (χ4v) is 6.11. The van der Waals surface area contributed by atoms with Gasteiger partial charge < -0.3 is 10.2 Å². The Bertz CT molecular complexity index is 1390. The molecule has 1 N–H and O–H groups in total. The van der Waals surface area contributed by atoms with Crippen LogP contribution in [0.15, 0.2) is 83.8 Å². The summed E-state index contributed by atoms with van der Waals surface area (Å²) in [5.74, 6) is -0.583. The van der Waals surface area contributed by atoms with Gasteiger partial charge in [0.2, 0.25) is 11.8 Å². The SMILES string of the molecule is CCC(C(=O)NCC(C)C)N(CCc1ccccc1)C(=O)CN(c1cc(Cl)ccc1Cl)S(=O)(=O)c1ccccc1. The fraction of sp³-hybridized carbons (Fsp3) is 0.333. The first-order valence-corrected chi connectivity index (χ1v) is 15.4. The van der Waals surface area contributed by atoms with E-state index in [1.54, 1.807) is 24.3 Å². The Kier molecular flexibility index (Phi) is 11.4. The van der Waals surface area contributed by atoms with Crippen LogP contribution in [0.25, 0.3) is 0 Å². The van der Waals surface area contributed by atoms with Crippen molar-refractivity contribution in [3.8, 4) is 0 Å². The largest absolute Gasteiger partial charge is 0.354 e. The number of amides is 2. The molecule has 3 aromatic carbocycles. The summed E-state index contributed by atoms with van der Waals surface area (Å²) in [5.41, 5.74) is 1.07. The third-order valence-electron chi connectivity index (χ3n) is 6.34. The van der Waals surface area contributed by atoms with Crippen LogP contribution in [0.2, 0.25) is 10.0 Å². The number of rotatable bonds is 13. The minimum atomic E-state index is -4.22. The lowest BCUT2D eigenvalue weighted by molar-refractivity contribution is -0.139. The lowest BCUT2D eigenvalue weighted by atomic mass is 10.1. The van der Waals surface area contributed by atoms with Crippen molar-refractivity contribution in [1.29, 1.82) is 0 Å². The molecule has 0 bridgehead atoms. The van der Waals surface area contributed by atoms with Crippen molar-refractivity contribution < 1.29 is 18.0 Å². The zero-order valence-electron chi connectivity index (χ0n) is 22.9. The number of carbonyl (C=O) groups is 2. The Hall–Kier alpha value is -3.07. The van der Waals surface area contributed by atoms with Crippen molar-refractivity contribution in [3.05, 3.63) is 94.5 Å². The van der Waals surface area contributed by atoms with Gasteiger partial charge in [-0.2, -0.15) is 0 Å². The number of nitrogens with one attached hydrogen (secondary N) is 1. The molecule has 0 heterocycles. The molecule has 0 aromatic heterocycles. The van der Waals surface area contributed by atoms with E-state index in [0.29, 0.717) is 19.4 Å². The van der Waals surface area contributed by atoms with Crippen LogP contribution in [0.1, 0.15) is 32.8 Å². The molecule has 214 valence electrons. The van der Waals surface area contributed by atoms with Crippen molar-refractivity contribution in [1.82, 2.24) is 10.2 Å². The van der Waals surface area contributed by atoms with E-state index in [0.717, 1.165) is 9.87 Å². The van der Waals surface area contributed by atoms with Gasteiger partial charge in [0, 0.05) is 18.1 Å². The van der Waals surface area contributed by atoms with Crippen molar-refractivity contribution in [2.24, 2.45) is 5.92 Å². The van der Waals surface area contributed by atoms with Crippen molar-refractivity contribution in [2.45, 2.75) is 44.6 Å². The minimum absolute atomic E-state index is 0.00334. The van der Waals surface area contributed by atoms with Crippen LogP contribution in [0.3, 0.4) is 0 Å². The summed E-state index contributed by atoms with van der Waals surface area (Å²) in [6, 6.07) is 21.1. The molecule has 0 aliphatic rings. The molecule has 0 aliphatic carbocycles. The first-order valence-electron chi connectivity index (χ1n) is 13.2. The van der Waals surface area contributed by atoms with Gasteiger partial charge in [-0.1, -0.05) is 92.5 Å². The van der Waals surface area contributed by atoms with Crippen LogP contribution in [-0.4, -0.2) is 50.8 Å². The molecule has 0 radical (unpaired) electrons. The topological polar surface area (TPSA) is 86.8 Å². The molecule has 0 fully saturated rings. The molecule has 3 aromatic rings. The van der Waals surface area contributed by atoms with Gasteiger partial charge in [-0.05, 0) is 54.7 Å². The van der Waals surface area contributed by atoms with Gasteiger partial charge in [0.05, 0.1) is 15.6 Å². The zero-order chi connectivity index (χ0) is 29.3. The third-order valence-corrected chi connectivity index (χ3v) is 8.67. The van der Waals surface area contributed by atoms with Crippen LogP contribution in [0.5, 0.6) is 0 Å². The van der Waals surface area contributed by atoms with Crippen molar-refractivity contribution in [2.75, 3.05) is 23.9 Å². The second kappa shape index (κ2) is 14.5. The molecular weight excluding hydrogens is 569 g/mol. The first kappa shape index (κ1) is 31.5. The monoisotopic (exact) mass is 603 g/mol. The summed E-state index contributed by atoms with van der Waals surface area (Å²) in [6.07, 6.45) is 0.845. The summed E-state index contributed by atoms with van der Waals surface area (Å²) in [4.78, 5) is 28.7.